The Labute approximate surface area is 157 Å². The fraction of sp³-hybridized carbons (Fsp3) is 0.760. The molecule has 0 heterocycles. The summed E-state index contributed by atoms with van der Waals surface area (Å²) in [5.74, 6) is 3.88. The first kappa shape index (κ1) is 20.5. The molecule has 0 bridgehead atoms. The summed E-state index contributed by atoms with van der Waals surface area (Å²) in [6, 6.07) is 0. The molecule has 0 saturated heterocycles. The van der Waals surface area contributed by atoms with Crippen LogP contribution in [0.2, 0.25) is 0 Å². The Morgan fingerprint density at radius 1 is 0.680 bits per heavy atom. The quantitative estimate of drug-likeness (QED) is 0.350. The molecule has 0 amide bonds. The highest BCUT2D eigenvalue weighted by atomic mass is 14.3. The molecule has 0 aromatic heterocycles. The second kappa shape index (κ2) is 12.6. The fourth-order valence-electron chi connectivity index (χ4n) is 4.95. The van der Waals surface area contributed by atoms with Gasteiger partial charge in [-0.25, -0.2) is 0 Å². The van der Waals surface area contributed by atoms with Gasteiger partial charge in [0.2, 0.25) is 0 Å². The molecular formula is C25H42. The normalized spacial score (nSPS) is 30.9. The largest absolute Gasteiger partial charge is 0.103 e. The minimum atomic E-state index is 0.877. The van der Waals surface area contributed by atoms with Crippen LogP contribution in [0.15, 0.2) is 37.0 Å². The SMILES string of the molecule is C=CCCC1CCC(C=CCCC2CCC(CCC=CC)CC2)CC1. The molecule has 0 unspecified atom stereocenters. The molecule has 0 aromatic carbocycles. The highest BCUT2D eigenvalue weighted by Crippen LogP contribution is 2.35. The maximum atomic E-state index is 3.86. The van der Waals surface area contributed by atoms with E-state index in [1.807, 2.05) is 0 Å². The summed E-state index contributed by atoms with van der Waals surface area (Å²) in [6.07, 6.45) is 31.5. The van der Waals surface area contributed by atoms with Gasteiger partial charge in [-0.15, -0.1) is 6.58 Å². The molecule has 2 saturated carbocycles. The first-order valence-corrected chi connectivity index (χ1v) is 11.2. The van der Waals surface area contributed by atoms with E-state index in [1.165, 1.54) is 89.9 Å². The summed E-state index contributed by atoms with van der Waals surface area (Å²) in [4.78, 5) is 0. The van der Waals surface area contributed by atoms with Crippen molar-refractivity contribution < 1.29 is 0 Å². The van der Waals surface area contributed by atoms with Crippen molar-refractivity contribution in [1.82, 2.24) is 0 Å². The van der Waals surface area contributed by atoms with Crippen LogP contribution in [0.5, 0.6) is 0 Å². The molecule has 142 valence electrons. The summed E-state index contributed by atoms with van der Waals surface area (Å²) in [5.41, 5.74) is 0. The molecule has 0 aliphatic heterocycles. The molecule has 0 radical (unpaired) electrons. The van der Waals surface area contributed by atoms with Crippen molar-refractivity contribution in [2.45, 2.75) is 96.8 Å². The van der Waals surface area contributed by atoms with Gasteiger partial charge >= 0.3 is 0 Å². The molecule has 2 aliphatic carbocycles. The monoisotopic (exact) mass is 342 g/mol. The van der Waals surface area contributed by atoms with E-state index in [0.717, 1.165) is 23.7 Å². The van der Waals surface area contributed by atoms with Gasteiger partial charge in [0, 0.05) is 0 Å². The highest BCUT2D eigenvalue weighted by Gasteiger charge is 2.20. The van der Waals surface area contributed by atoms with Gasteiger partial charge in [-0.1, -0.05) is 56.1 Å². The van der Waals surface area contributed by atoms with E-state index < -0.39 is 0 Å². The predicted molar refractivity (Wildman–Crippen MR) is 113 cm³/mol. The van der Waals surface area contributed by atoms with E-state index >= 15 is 0 Å². The number of hydrogen-bond acceptors (Lipinski definition) is 0. The fourth-order valence-corrected chi connectivity index (χ4v) is 4.95. The molecule has 0 aromatic rings. The van der Waals surface area contributed by atoms with Crippen molar-refractivity contribution in [2.75, 3.05) is 0 Å². The van der Waals surface area contributed by atoms with Crippen LogP contribution in [0, 0.1) is 23.7 Å². The lowest BCUT2D eigenvalue weighted by atomic mass is 9.78. The third-order valence-electron chi connectivity index (χ3n) is 6.76. The third kappa shape index (κ3) is 8.43. The first-order chi connectivity index (χ1) is 12.3. The predicted octanol–water partition coefficient (Wildman–Crippen LogP) is 8.26. The van der Waals surface area contributed by atoms with E-state index in [4.69, 9.17) is 0 Å². The van der Waals surface area contributed by atoms with Crippen LogP contribution in [-0.2, 0) is 0 Å². The Bertz CT molecular complexity index is 386. The van der Waals surface area contributed by atoms with Gasteiger partial charge in [0.25, 0.3) is 0 Å². The minimum absolute atomic E-state index is 0.877. The Balaban J connectivity index is 1.52. The second-order valence-corrected chi connectivity index (χ2v) is 8.69. The van der Waals surface area contributed by atoms with Crippen LogP contribution < -0.4 is 0 Å². The number of hydrogen-bond donors (Lipinski definition) is 0. The van der Waals surface area contributed by atoms with Gasteiger partial charge in [0.1, 0.15) is 0 Å². The third-order valence-corrected chi connectivity index (χ3v) is 6.76. The van der Waals surface area contributed by atoms with E-state index in [-0.39, 0.29) is 0 Å². The Kier molecular flexibility index (Phi) is 10.3. The van der Waals surface area contributed by atoms with Crippen molar-refractivity contribution in [3.05, 3.63) is 37.0 Å². The summed E-state index contributed by atoms with van der Waals surface area (Å²) in [6.45, 7) is 5.99. The standard InChI is InChI=1S/C25H42/c1-3-5-7-11-23-18-20-25(21-19-23)13-9-8-12-24-16-14-22(15-17-24)10-6-4-2/h3-5,8,12,22-25H,2,6-7,9-11,13-21H2,1H3. The topological polar surface area (TPSA) is 0 Å². The van der Waals surface area contributed by atoms with E-state index in [1.54, 1.807) is 0 Å². The number of rotatable bonds is 10. The van der Waals surface area contributed by atoms with Crippen molar-refractivity contribution in [3.63, 3.8) is 0 Å². The maximum absolute atomic E-state index is 3.86. The van der Waals surface area contributed by atoms with Gasteiger partial charge in [-0.05, 0) is 94.8 Å². The molecule has 0 N–H and O–H groups in total. The van der Waals surface area contributed by atoms with Crippen molar-refractivity contribution in [1.29, 1.82) is 0 Å². The molecule has 2 rings (SSSR count). The Morgan fingerprint density at radius 3 is 1.68 bits per heavy atom. The summed E-state index contributed by atoms with van der Waals surface area (Å²) < 4.78 is 0. The van der Waals surface area contributed by atoms with E-state index in [0.29, 0.717) is 0 Å². The molecule has 2 fully saturated rings. The zero-order chi connectivity index (χ0) is 17.7. The molecular weight excluding hydrogens is 300 g/mol. The van der Waals surface area contributed by atoms with Gasteiger partial charge in [-0.3, -0.25) is 0 Å². The minimum Gasteiger partial charge on any atom is -0.103 e. The van der Waals surface area contributed by atoms with Crippen LogP contribution in [-0.4, -0.2) is 0 Å². The van der Waals surface area contributed by atoms with Gasteiger partial charge in [0.15, 0.2) is 0 Å². The van der Waals surface area contributed by atoms with Crippen LogP contribution in [0.3, 0.4) is 0 Å². The number of allylic oxidation sites excluding steroid dienone is 5. The molecule has 0 nitrogen and oxygen atoms in total. The van der Waals surface area contributed by atoms with Gasteiger partial charge < -0.3 is 0 Å². The van der Waals surface area contributed by atoms with Gasteiger partial charge in [0.05, 0.1) is 0 Å². The lowest BCUT2D eigenvalue weighted by Crippen LogP contribution is -2.14. The molecule has 0 heteroatoms. The molecule has 0 atom stereocenters. The average Bonchev–Trinajstić information content (AvgIpc) is 2.66. The summed E-state index contributed by atoms with van der Waals surface area (Å²) in [7, 11) is 0. The summed E-state index contributed by atoms with van der Waals surface area (Å²) in [5, 5.41) is 0. The zero-order valence-electron chi connectivity index (χ0n) is 16.8. The highest BCUT2D eigenvalue weighted by molar-refractivity contribution is 4.92. The molecule has 0 spiro atoms. The average molecular weight is 343 g/mol. The second-order valence-electron chi connectivity index (χ2n) is 8.69. The lowest BCUT2D eigenvalue weighted by Gasteiger charge is -2.28. The summed E-state index contributed by atoms with van der Waals surface area (Å²) >= 11 is 0. The molecule has 25 heavy (non-hydrogen) atoms. The van der Waals surface area contributed by atoms with Crippen LogP contribution in [0.1, 0.15) is 96.8 Å². The zero-order valence-corrected chi connectivity index (χ0v) is 16.8. The van der Waals surface area contributed by atoms with Crippen LogP contribution >= 0.6 is 0 Å². The molecule has 2 aliphatic rings. The first-order valence-electron chi connectivity index (χ1n) is 11.2. The van der Waals surface area contributed by atoms with Crippen LogP contribution in [0.25, 0.3) is 0 Å². The van der Waals surface area contributed by atoms with Crippen molar-refractivity contribution in [2.24, 2.45) is 23.7 Å². The van der Waals surface area contributed by atoms with Crippen molar-refractivity contribution >= 4 is 0 Å². The van der Waals surface area contributed by atoms with E-state index in [9.17, 15) is 0 Å². The smallest absolute Gasteiger partial charge is 0.0233 e. The Morgan fingerprint density at radius 2 is 1.16 bits per heavy atom. The Hall–Kier alpha value is -0.780. The van der Waals surface area contributed by atoms with Gasteiger partial charge in [-0.2, -0.15) is 0 Å². The van der Waals surface area contributed by atoms with E-state index in [2.05, 4.69) is 43.9 Å². The van der Waals surface area contributed by atoms with Crippen LogP contribution in [0.4, 0.5) is 0 Å². The maximum Gasteiger partial charge on any atom is -0.0233 e. The van der Waals surface area contributed by atoms with Crippen molar-refractivity contribution in [3.8, 4) is 0 Å². The lowest BCUT2D eigenvalue weighted by molar-refractivity contribution is 0.255.